The molecule has 15 heavy (non-hydrogen) atoms. The maximum atomic E-state index is 3.47. The summed E-state index contributed by atoms with van der Waals surface area (Å²) in [5.41, 5.74) is 5.61. The molecule has 0 unspecified atom stereocenters. The van der Waals surface area contributed by atoms with Gasteiger partial charge in [0.2, 0.25) is 0 Å². The Balaban J connectivity index is 2.60. The molecule has 0 heterocycles. The Morgan fingerprint density at radius 3 is 2.27 bits per heavy atom. The highest BCUT2D eigenvalue weighted by atomic mass is 79.9. The van der Waals surface area contributed by atoms with Crippen molar-refractivity contribution in [2.45, 2.75) is 33.7 Å². The Morgan fingerprint density at radius 2 is 1.73 bits per heavy atom. The van der Waals surface area contributed by atoms with Gasteiger partial charge in [-0.15, -0.1) is 0 Å². The Labute approximate surface area is 101 Å². The van der Waals surface area contributed by atoms with E-state index in [0.29, 0.717) is 0 Å². The summed E-state index contributed by atoms with van der Waals surface area (Å²) in [6, 6.07) is 4.52. The van der Waals surface area contributed by atoms with Crippen LogP contribution in [-0.4, -0.2) is 11.9 Å². The first-order valence-corrected chi connectivity index (χ1v) is 6.60. The van der Waals surface area contributed by atoms with Crippen LogP contribution in [-0.2, 0) is 6.54 Å². The Bertz CT molecular complexity index is 297. The fourth-order valence-corrected chi connectivity index (χ4v) is 2.17. The maximum Gasteiger partial charge on any atom is 0.0210 e. The molecule has 1 N–H and O–H groups in total. The van der Waals surface area contributed by atoms with E-state index in [1.54, 1.807) is 0 Å². The summed E-state index contributed by atoms with van der Waals surface area (Å²) in [4.78, 5) is 0. The van der Waals surface area contributed by atoms with Gasteiger partial charge in [-0.25, -0.2) is 0 Å². The van der Waals surface area contributed by atoms with Crippen LogP contribution in [0, 0.1) is 20.8 Å². The molecule has 0 aliphatic rings. The Kier molecular flexibility index (Phi) is 5.34. The number of nitrogens with one attached hydrogen (secondary N) is 1. The summed E-state index contributed by atoms with van der Waals surface area (Å²) < 4.78 is 0. The smallest absolute Gasteiger partial charge is 0.0210 e. The zero-order chi connectivity index (χ0) is 11.3. The average molecular weight is 270 g/mol. The lowest BCUT2D eigenvalue weighted by molar-refractivity contribution is 0.675. The number of aryl methyl sites for hydroxylation is 3. The summed E-state index contributed by atoms with van der Waals surface area (Å²) in [5.74, 6) is 0. The van der Waals surface area contributed by atoms with Crippen LogP contribution in [0.1, 0.15) is 28.7 Å². The SMILES string of the molecule is Cc1cc(C)c(CNCCCBr)c(C)c1. The minimum atomic E-state index is 0.991. The van der Waals surface area contributed by atoms with Crippen molar-refractivity contribution < 1.29 is 0 Å². The van der Waals surface area contributed by atoms with Crippen LogP contribution in [0.2, 0.25) is 0 Å². The molecule has 0 aliphatic heterocycles. The second kappa shape index (κ2) is 6.29. The van der Waals surface area contributed by atoms with Gasteiger partial charge in [0.25, 0.3) is 0 Å². The molecule has 1 nitrogen and oxygen atoms in total. The van der Waals surface area contributed by atoms with Gasteiger partial charge < -0.3 is 5.32 Å². The molecule has 0 saturated heterocycles. The molecule has 0 atom stereocenters. The molecule has 0 bridgehead atoms. The Morgan fingerprint density at radius 1 is 1.13 bits per heavy atom. The van der Waals surface area contributed by atoms with Crippen LogP contribution in [0.3, 0.4) is 0 Å². The topological polar surface area (TPSA) is 12.0 Å². The quantitative estimate of drug-likeness (QED) is 0.638. The Hall–Kier alpha value is -0.340. The summed E-state index contributed by atoms with van der Waals surface area (Å²) in [5, 5.41) is 4.55. The van der Waals surface area contributed by atoms with Gasteiger partial charge in [0, 0.05) is 11.9 Å². The van der Waals surface area contributed by atoms with Crippen molar-refractivity contribution in [1.82, 2.24) is 5.32 Å². The van der Waals surface area contributed by atoms with Gasteiger partial charge in [0.05, 0.1) is 0 Å². The molecular weight excluding hydrogens is 250 g/mol. The van der Waals surface area contributed by atoms with Crippen LogP contribution in [0.15, 0.2) is 12.1 Å². The van der Waals surface area contributed by atoms with Crippen molar-refractivity contribution in [2.24, 2.45) is 0 Å². The lowest BCUT2D eigenvalue weighted by atomic mass is 10.00. The molecule has 0 aliphatic carbocycles. The largest absolute Gasteiger partial charge is 0.313 e. The van der Waals surface area contributed by atoms with E-state index in [-0.39, 0.29) is 0 Å². The van der Waals surface area contributed by atoms with E-state index in [1.807, 2.05) is 0 Å². The predicted molar refractivity (Wildman–Crippen MR) is 70.8 cm³/mol. The summed E-state index contributed by atoms with van der Waals surface area (Å²) in [6.07, 6.45) is 1.18. The minimum absolute atomic E-state index is 0.991. The van der Waals surface area contributed by atoms with Crippen LogP contribution < -0.4 is 5.32 Å². The first-order valence-electron chi connectivity index (χ1n) is 5.48. The highest BCUT2D eigenvalue weighted by Gasteiger charge is 2.02. The number of rotatable bonds is 5. The van der Waals surface area contributed by atoms with Crippen molar-refractivity contribution in [3.05, 3.63) is 34.4 Å². The number of halogens is 1. The van der Waals surface area contributed by atoms with E-state index < -0.39 is 0 Å². The molecule has 1 rings (SSSR count). The highest BCUT2D eigenvalue weighted by molar-refractivity contribution is 9.09. The van der Waals surface area contributed by atoms with Crippen molar-refractivity contribution in [2.75, 3.05) is 11.9 Å². The fraction of sp³-hybridized carbons (Fsp3) is 0.538. The number of hydrogen-bond acceptors (Lipinski definition) is 1. The van der Waals surface area contributed by atoms with E-state index in [4.69, 9.17) is 0 Å². The zero-order valence-electron chi connectivity index (χ0n) is 9.86. The van der Waals surface area contributed by atoms with Gasteiger partial charge in [-0.1, -0.05) is 33.6 Å². The summed E-state index contributed by atoms with van der Waals surface area (Å²) in [7, 11) is 0. The second-order valence-corrected chi connectivity index (χ2v) is 4.89. The van der Waals surface area contributed by atoms with Crippen LogP contribution in [0.25, 0.3) is 0 Å². The van der Waals surface area contributed by atoms with Crippen LogP contribution in [0.5, 0.6) is 0 Å². The minimum Gasteiger partial charge on any atom is -0.313 e. The van der Waals surface area contributed by atoms with E-state index in [2.05, 4.69) is 54.2 Å². The summed E-state index contributed by atoms with van der Waals surface area (Å²) in [6.45, 7) is 8.62. The zero-order valence-corrected chi connectivity index (χ0v) is 11.4. The third-order valence-corrected chi connectivity index (χ3v) is 3.19. The van der Waals surface area contributed by atoms with Crippen molar-refractivity contribution in [3.63, 3.8) is 0 Å². The van der Waals surface area contributed by atoms with Crippen molar-refractivity contribution in [1.29, 1.82) is 0 Å². The maximum absolute atomic E-state index is 3.47. The van der Waals surface area contributed by atoms with E-state index in [9.17, 15) is 0 Å². The van der Waals surface area contributed by atoms with Gasteiger partial charge in [-0.05, 0) is 50.4 Å². The molecule has 0 radical (unpaired) electrons. The lowest BCUT2D eigenvalue weighted by Gasteiger charge is -2.12. The standard InChI is InChI=1S/C13H20BrN/c1-10-7-11(2)13(12(3)8-10)9-15-6-4-5-14/h7-8,15H,4-6,9H2,1-3H3. The first kappa shape index (κ1) is 12.7. The third kappa shape index (κ3) is 3.96. The molecule has 1 aromatic carbocycles. The monoisotopic (exact) mass is 269 g/mol. The number of benzene rings is 1. The second-order valence-electron chi connectivity index (χ2n) is 4.10. The molecular formula is C13H20BrN. The van der Waals surface area contributed by atoms with E-state index >= 15 is 0 Å². The average Bonchev–Trinajstić information content (AvgIpc) is 2.15. The van der Waals surface area contributed by atoms with Gasteiger partial charge in [0.15, 0.2) is 0 Å². The van der Waals surface area contributed by atoms with Gasteiger partial charge in [-0.3, -0.25) is 0 Å². The van der Waals surface area contributed by atoms with Crippen molar-refractivity contribution in [3.8, 4) is 0 Å². The van der Waals surface area contributed by atoms with Gasteiger partial charge in [0.1, 0.15) is 0 Å². The molecule has 1 aromatic rings. The molecule has 0 aromatic heterocycles. The molecule has 0 spiro atoms. The predicted octanol–water partition coefficient (Wildman–Crippen LogP) is 3.49. The van der Waals surface area contributed by atoms with Gasteiger partial charge >= 0.3 is 0 Å². The first-order chi connectivity index (χ1) is 7.15. The molecule has 0 fully saturated rings. The number of alkyl halides is 1. The van der Waals surface area contributed by atoms with E-state index in [1.165, 1.54) is 28.7 Å². The van der Waals surface area contributed by atoms with Crippen molar-refractivity contribution >= 4 is 15.9 Å². The van der Waals surface area contributed by atoms with Crippen LogP contribution >= 0.6 is 15.9 Å². The molecule has 84 valence electrons. The normalized spacial score (nSPS) is 10.7. The van der Waals surface area contributed by atoms with Gasteiger partial charge in [-0.2, -0.15) is 0 Å². The fourth-order valence-electron chi connectivity index (χ4n) is 1.89. The number of hydrogen-bond donors (Lipinski definition) is 1. The molecule has 2 heteroatoms. The highest BCUT2D eigenvalue weighted by Crippen LogP contribution is 2.15. The van der Waals surface area contributed by atoms with Crippen LogP contribution in [0.4, 0.5) is 0 Å². The molecule has 0 amide bonds. The van der Waals surface area contributed by atoms with E-state index in [0.717, 1.165) is 18.4 Å². The molecule has 0 saturated carbocycles. The summed E-state index contributed by atoms with van der Waals surface area (Å²) >= 11 is 3.43. The third-order valence-electron chi connectivity index (χ3n) is 2.63. The lowest BCUT2D eigenvalue weighted by Crippen LogP contribution is -2.16.